The zero-order chi connectivity index (χ0) is 18.8. The number of amides is 1. The van der Waals surface area contributed by atoms with Crippen LogP contribution in [0.3, 0.4) is 0 Å². The van der Waals surface area contributed by atoms with Crippen molar-refractivity contribution in [2.24, 2.45) is 11.8 Å². The third kappa shape index (κ3) is 6.52. The van der Waals surface area contributed by atoms with Gasteiger partial charge in [0.2, 0.25) is 5.91 Å². The highest BCUT2D eigenvalue weighted by Crippen LogP contribution is 2.28. The summed E-state index contributed by atoms with van der Waals surface area (Å²) in [5.74, 6) is 2.69. The predicted molar refractivity (Wildman–Crippen MR) is 105 cm³/mol. The Hall–Kier alpha value is -1.75. The molecule has 1 aromatic carbocycles. The number of carbonyl (C=O) groups is 1. The molecule has 26 heavy (non-hydrogen) atoms. The smallest absolute Gasteiger partial charge is 0.220 e. The topological polar surface area (TPSA) is 59.6 Å². The Bertz CT molecular complexity index is 556. The van der Waals surface area contributed by atoms with Crippen LogP contribution < -0.4 is 20.1 Å². The number of piperidine rings is 1. The van der Waals surface area contributed by atoms with Crippen LogP contribution in [0.5, 0.6) is 11.5 Å². The molecule has 0 spiro atoms. The van der Waals surface area contributed by atoms with Crippen molar-refractivity contribution in [1.82, 2.24) is 10.6 Å². The molecule has 2 rings (SSSR count). The van der Waals surface area contributed by atoms with Gasteiger partial charge in [-0.05, 0) is 61.9 Å². The molecule has 0 aromatic heterocycles. The SMILES string of the molecule is CCCCOc1ccc(CNC(=O)CC(C)C2CCNCC2)cc1OC. The minimum Gasteiger partial charge on any atom is -0.493 e. The third-order valence-electron chi connectivity index (χ3n) is 5.17. The van der Waals surface area contributed by atoms with Gasteiger partial charge in [0.15, 0.2) is 11.5 Å². The quantitative estimate of drug-likeness (QED) is 0.625. The lowest BCUT2D eigenvalue weighted by molar-refractivity contribution is -0.122. The van der Waals surface area contributed by atoms with Gasteiger partial charge in [-0.15, -0.1) is 0 Å². The van der Waals surface area contributed by atoms with Crippen LogP contribution in [0.1, 0.15) is 51.5 Å². The fourth-order valence-corrected chi connectivity index (χ4v) is 3.41. The highest BCUT2D eigenvalue weighted by Gasteiger charge is 2.21. The maximum absolute atomic E-state index is 12.3. The highest BCUT2D eigenvalue weighted by molar-refractivity contribution is 5.76. The maximum Gasteiger partial charge on any atom is 0.220 e. The van der Waals surface area contributed by atoms with Gasteiger partial charge in [-0.2, -0.15) is 0 Å². The molecule has 5 nitrogen and oxygen atoms in total. The second-order valence-electron chi connectivity index (χ2n) is 7.23. The lowest BCUT2D eigenvalue weighted by Gasteiger charge is -2.27. The summed E-state index contributed by atoms with van der Waals surface area (Å²) >= 11 is 0. The zero-order valence-corrected chi connectivity index (χ0v) is 16.5. The van der Waals surface area contributed by atoms with E-state index < -0.39 is 0 Å². The first kappa shape index (κ1) is 20.6. The summed E-state index contributed by atoms with van der Waals surface area (Å²) in [5.41, 5.74) is 1.02. The van der Waals surface area contributed by atoms with Crippen LogP contribution >= 0.6 is 0 Å². The molecule has 0 radical (unpaired) electrons. The fourth-order valence-electron chi connectivity index (χ4n) is 3.41. The number of unbranched alkanes of at least 4 members (excludes halogenated alkanes) is 1. The maximum atomic E-state index is 12.3. The summed E-state index contributed by atoms with van der Waals surface area (Å²) < 4.78 is 11.2. The largest absolute Gasteiger partial charge is 0.493 e. The van der Waals surface area contributed by atoms with E-state index in [1.165, 1.54) is 12.8 Å². The molecule has 1 atom stereocenters. The number of methoxy groups -OCH3 is 1. The van der Waals surface area contributed by atoms with Crippen LogP contribution in [0.15, 0.2) is 18.2 Å². The standard InChI is InChI=1S/C21H34N2O3/c1-4-5-12-26-19-7-6-17(14-20(19)25-3)15-23-21(24)13-16(2)18-8-10-22-11-9-18/h6-7,14,16,18,22H,4-5,8-13,15H2,1-3H3,(H,23,24). The first-order chi connectivity index (χ1) is 12.6. The van der Waals surface area contributed by atoms with E-state index in [9.17, 15) is 4.79 Å². The summed E-state index contributed by atoms with van der Waals surface area (Å²) in [6.45, 7) is 7.69. The number of hydrogen-bond donors (Lipinski definition) is 2. The fraction of sp³-hybridized carbons (Fsp3) is 0.667. The van der Waals surface area contributed by atoms with Crippen molar-refractivity contribution in [3.8, 4) is 11.5 Å². The summed E-state index contributed by atoms with van der Waals surface area (Å²) in [6, 6.07) is 5.85. The van der Waals surface area contributed by atoms with E-state index >= 15 is 0 Å². The van der Waals surface area contributed by atoms with Crippen molar-refractivity contribution >= 4 is 5.91 Å². The second kappa shape index (κ2) is 11.1. The Morgan fingerprint density at radius 3 is 2.77 bits per heavy atom. The molecule has 1 amide bonds. The Balaban J connectivity index is 1.81. The molecule has 0 bridgehead atoms. The molecule has 1 unspecified atom stereocenters. The van der Waals surface area contributed by atoms with Crippen molar-refractivity contribution in [1.29, 1.82) is 0 Å². The second-order valence-corrected chi connectivity index (χ2v) is 7.23. The summed E-state index contributed by atoms with van der Waals surface area (Å²) in [4.78, 5) is 12.3. The monoisotopic (exact) mass is 362 g/mol. The first-order valence-electron chi connectivity index (χ1n) is 9.91. The molecule has 0 aliphatic carbocycles. The number of carbonyl (C=O) groups excluding carboxylic acids is 1. The minimum absolute atomic E-state index is 0.123. The Kier molecular flexibility index (Phi) is 8.75. The van der Waals surface area contributed by atoms with Gasteiger partial charge >= 0.3 is 0 Å². The molecule has 1 aliphatic rings. The van der Waals surface area contributed by atoms with Gasteiger partial charge in [-0.3, -0.25) is 4.79 Å². The van der Waals surface area contributed by atoms with Crippen molar-refractivity contribution in [3.05, 3.63) is 23.8 Å². The number of benzene rings is 1. The number of ether oxygens (including phenoxy) is 2. The number of nitrogens with one attached hydrogen (secondary N) is 2. The molecule has 1 heterocycles. The third-order valence-corrected chi connectivity index (χ3v) is 5.17. The van der Waals surface area contributed by atoms with Crippen LogP contribution in [0.25, 0.3) is 0 Å². The van der Waals surface area contributed by atoms with Crippen molar-refractivity contribution in [2.45, 2.75) is 52.5 Å². The Morgan fingerprint density at radius 2 is 2.08 bits per heavy atom. The summed E-state index contributed by atoms with van der Waals surface area (Å²) in [5, 5.41) is 6.42. The van der Waals surface area contributed by atoms with E-state index in [-0.39, 0.29) is 5.91 Å². The zero-order valence-electron chi connectivity index (χ0n) is 16.5. The van der Waals surface area contributed by atoms with Crippen molar-refractivity contribution in [3.63, 3.8) is 0 Å². The van der Waals surface area contributed by atoms with Gasteiger partial charge in [-0.25, -0.2) is 0 Å². The van der Waals surface area contributed by atoms with E-state index in [0.717, 1.165) is 43.0 Å². The van der Waals surface area contributed by atoms with Crippen molar-refractivity contribution in [2.75, 3.05) is 26.8 Å². The predicted octanol–water partition coefficient (Wildman–Crippen LogP) is 3.52. The molecule has 1 aromatic rings. The molecule has 2 N–H and O–H groups in total. The molecule has 1 saturated heterocycles. The van der Waals surface area contributed by atoms with Gasteiger partial charge in [0.25, 0.3) is 0 Å². The Labute approximate surface area is 157 Å². The average molecular weight is 363 g/mol. The number of rotatable bonds is 10. The highest BCUT2D eigenvalue weighted by atomic mass is 16.5. The van der Waals surface area contributed by atoms with Gasteiger partial charge in [0, 0.05) is 13.0 Å². The lowest BCUT2D eigenvalue weighted by atomic mass is 9.84. The van der Waals surface area contributed by atoms with Crippen LogP contribution in [-0.4, -0.2) is 32.7 Å². The van der Waals surface area contributed by atoms with E-state index in [1.807, 2.05) is 18.2 Å². The van der Waals surface area contributed by atoms with E-state index in [2.05, 4.69) is 24.5 Å². The minimum atomic E-state index is 0.123. The van der Waals surface area contributed by atoms with Gasteiger partial charge in [-0.1, -0.05) is 26.3 Å². The van der Waals surface area contributed by atoms with Gasteiger partial charge < -0.3 is 20.1 Å². The van der Waals surface area contributed by atoms with Gasteiger partial charge in [0.05, 0.1) is 13.7 Å². The van der Waals surface area contributed by atoms with E-state index in [1.54, 1.807) is 7.11 Å². The van der Waals surface area contributed by atoms with E-state index in [0.29, 0.717) is 31.4 Å². The average Bonchev–Trinajstić information content (AvgIpc) is 2.67. The molecule has 5 heteroatoms. The normalized spacial score (nSPS) is 16.1. The summed E-state index contributed by atoms with van der Waals surface area (Å²) in [7, 11) is 1.64. The molecular weight excluding hydrogens is 328 g/mol. The van der Waals surface area contributed by atoms with Crippen LogP contribution in [0.4, 0.5) is 0 Å². The van der Waals surface area contributed by atoms with E-state index in [4.69, 9.17) is 9.47 Å². The molecular formula is C21H34N2O3. The molecule has 1 fully saturated rings. The summed E-state index contributed by atoms with van der Waals surface area (Å²) in [6.07, 6.45) is 5.06. The number of hydrogen-bond acceptors (Lipinski definition) is 4. The molecule has 1 aliphatic heterocycles. The molecule has 0 saturated carbocycles. The van der Waals surface area contributed by atoms with Crippen LogP contribution in [0.2, 0.25) is 0 Å². The lowest BCUT2D eigenvalue weighted by Crippen LogP contribution is -2.33. The van der Waals surface area contributed by atoms with Gasteiger partial charge in [0.1, 0.15) is 0 Å². The van der Waals surface area contributed by atoms with Crippen molar-refractivity contribution < 1.29 is 14.3 Å². The van der Waals surface area contributed by atoms with Crippen LogP contribution in [0, 0.1) is 11.8 Å². The Morgan fingerprint density at radius 1 is 1.31 bits per heavy atom. The van der Waals surface area contributed by atoms with Crippen LogP contribution in [-0.2, 0) is 11.3 Å². The first-order valence-corrected chi connectivity index (χ1v) is 9.91. The molecule has 146 valence electrons.